The molecule has 0 saturated carbocycles. The fourth-order valence-electron chi connectivity index (χ4n) is 1.31. The molecular weight excluding hydrogens is 217 g/mol. The Bertz CT molecular complexity index is 394. The fourth-order valence-corrected chi connectivity index (χ4v) is 1.31. The molecule has 0 aromatic heterocycles. The van der Waals surface area contributed by atoms with Crippen LogP contribution in [0.4, 0.5) is 10.1 Å². The minimum Gasteiger partial charge on any atom is -0.352 e. The number of rotatable bonds is 2. The van der Waals surface area contributed by atoms with E-state index in [1.54, 1.807) is 18.2 Å². The summed E-state index contributed by atoms with van der Waals surface area (Å²) in [7, 11) is 0. The minimum atomic E-state index is -0.285. The molecule has 1 rings (SSSR count). The van der Waals surface area contributed by atoms with Crippen molar-refractivity contribution in [3.05, 3.63) is 30.1 Å². The smallest absolute Gasteiger partial charge is 0.196 e. The molecule has 0 unspecified atom stereocenters. The molecule has 0 spiro atoms. The summed E-state index contributed by atoms with van der Waals surface area (Å²) >= 11 is 0. The lowest BCUT2D eigenvalue weighted by Gasteiger charge is -2.24. The summed E-state index contributed by atoms with van der Waals surface area (Å²) in [6.07, 6.45) is 0. The van der Waals surface area contributed by atoms with E-state index in [1.807, 2.05) is 27.7 Å². The van der Waals surface area contributed by atoms with E-state index in [0.717, 1.165) is 0 Å². The second kappa shape index (κ2) is 5.66. The Morgan fingerprint density at radius 2 is 1.94 bits per heavy atom. The topological polar surface area (TPSA) is 36.4 Å². The zero-order valence-corrected chi connectivity index (χ0v) is 10.8. The molecule has 0 aliphatic heterocycles. The van der Waals surface area contributed by atoms with Gasteiger partial charge in [0.25, 0.3) is 0 Å². The molecule has 94 valence electrons. The zero-order valence-electron chi connectivity index (χ0n) is 10.8. The Morgan fingerprint density at radius 3 is 2.47 bits per heavy atom. The molecule has 0 radical (unpaired) electrons. The summed E-state index contributed by atoms with van der Waals surface area (Å²) in [5.74, 6) is 0.303. The SMILES string of the molecule is CCN=C(Nc1ccccc1F)NC(C)(C)C. The summed E-state index contributed by atoms with van der Waals surface area (Å²) in [6.45, 7) is 8.66. The number of hydrogen-bond acceptors (Lipinski definition) is 1. The van der Waals surface area contributed by atoms with Crippen molar-refractivity contribution in [2.75, 3.05) is 11.9 Å². The van der Waals surface area contributed by atoms with Crippen LogP contribution >= 0.6 is 0 Å². The molecule has 3 nitrogen and oxygen atoms in total. The van der Waals surface area contributed by atoms with Gasteiger partial charge in [-0.15, -0.1) is 0 Å². The number of nitrogens with zero attached hydrogens (tertiary/aromatic N) is 1. The van der Waals surface area contributed by atoms with Gasteiger partial charge < -0.3 is 10.6 Å². The normalized spacial score (nSPS) is 12.4. The first-order chi connectivity index (χ1) is 7.92. The Hall–Kier alpha value is -1.58. The highest BCUT2D eigenvalue weighted by Gasteiger charge is 2.13. The third-order valence-electron chi connectivity index (χ3n) is 1.94. The van der Waals surface area contributed by atoms with E-state index in [1.165, 1.54) is 6.07 Å². The van der Waals surface area contributed by atoms with E-state index >= 15 is 0 Å². The van der Waals surface area contributed by atoms with Gasteiger partial charge in [-0.1, -0.05) is 12.1 Å². The highest BCUT2D eigenvalue weighted by molar-refractivity contribution is 5.94. The first-order valence-corrected chi connectivity index (χ1v) is 5.76. The predicted molar refractivity (Wildman–Crippen MR) is 70.9 cm³/mol. The summed E-state index contributed by atoms with van der Waals surface area (Å²) < 4.78 is 13.5. The molecule has 0 heterocycles. The molecule has 0 aliphatic carbocycles. The average Bonchev–Trinajstić information content (AvgIpc) is 2.19. The molecule has 1 aromatic carbocycles. The standard InChI is InChI=1S/C13H20FN3/c1-5-15-12(17-13(2,3)4)16-11-9-7-6-8-10(11)14/h6-9H,5H2,1-4H3,(H2,15,16,17). The number of para-hydroxylation sites is 1. The van der Waals surface area contributed by atoms with Crippen molar-refractivity contribution in [2.24, 2.45) is 4.99 Å². The Balaban J connectivity index is 2.82. The van der Waals surface area contributed by atoms with Gasteiger partial charge in [0.1, 0.15) is 5.82 Å². The van der Waals surface area contributed by atoms with Gasteiger partial charge in [0.2, 0.25) is 0 Å². The van der Waals surface area contributed by atoms with Gasteiger partial charge in [-0.25, -0.2) is 4.39 Å². The maximum Gasteiger partial charge on any atom is 0.196 e. The van der Waals surface area contributed by atoms with Crippen LogP contribution in [0.1, 0.15) is 27.7 Å². The molecule has 4 heteroatoms. The quantitative estimate of drug-likeness (QED) is 0.613. The summed E-state index contributed by atoms with van der Waals surface area (Å²) in [6, 6.07) is 6.55. The number of benzene rings is 1. The fraction of sp³-hybridized carbons (Fsp3) is 0.462. The lowest BCUT2D eigenvalue weighted by molar-refractivity contribution is 0.510. The summed E-state index contributed by atoms with van der Waals surface area (Å²) in [5.41, 5.74) is 0.308. The molecule has 17 heavy (non-hydrogen) atoms. The van der Waals surface area contributed by atoms with Gasteiger partial charge in [-0.05, 0) is 39.8 Å². The second-order valence-corrected chi connectivity index (χ2v) is 4.80. The van der Waals surface area contributed by atoms with Crippen LogP contribution in [-0.2, 0) is 0 Å². The molecule has 0 bridgehead atoms. The maximum atomic E-state index is 13.5. The Morgan fingerprint density at radius 1 is 1.29 bits per heavy atom. The summed E-state index contributed by atoms with van der Waals surface area (Å²) in [5, 5.41) is 6.17. The minimum absolute atomic E-state index is 0.119. The van der Waals surface area contributed by atoms with Gasteiger partial charge >= 0.3 is 0 Å². The van der Waals surface area contributed by atoms with Crippen LogP contribution in [0.5, 0.6) is 0 Å². The second-order valence-electron chi connectivity index (χ2n) is 4.80. The lowest BCUT2D eigenvalue weighted by atomic mass is 10.1. The highest BCUT2D eigenvalue weighted by Crippen LogP contribution is 2.12. The molecule has 0 saturated heterocycles. The van der Waals surface area contributed by atoms with Gasteiger partial charge in [0.05, 0.1) is 5.69 Å². The zero-order chi connectivity index (χ0) is 12.9. The van der Waals surface area contributed by atoms with E-state index in [9.17, 15) is 4.39 Å². The monoisotopic (exact) mass is 237 g/mol. The number of nitrogens with one attached hydrogen (secondary N) is 2. The van der Waals surface area contributed by atoms with E-state index in [4.69, 9.17) is 0 Å². The molecule has 0 amide bonds. The van der Waals surface area contributed by atoms with Crippen molar-refractivity contribution in [2.45, 2.75) is 33.2 Å². The Kier molecular flexibility index (Phi) is 4.49. The first-order valence-electron chi connectivity index (χ1n) is 5.76. The third kappa shape index (κ3) is 4.85. The van der Waals surface area contributed by atoms with Crippen LogP contribution in [0.25, 0.3) is 0 Å². The molecule has 2 N–H and O–H groups in total. The predicted octanol–water partition coefficient (Wildman–Crippen LogP) is 3.00. The summed E-state index contributed by atoms with van der Waals surface area (Å²) in [4.78, 5) is 4.27. The van der Waals surface area contributed by atoms with Crippen molar-refractivity contribution in [1.29, 1.82) is 0 Å². The van der Waals surface area contributed by atoms with E-state index in [2.05, 4.69) is 15.6 Å². The van der Waals surface area contributed by atoms with Crippen LogP contribution in [-0.4, -0.2) is 18.0 Å². The molecule has 0 aliphatic rings. The Labute approximate surface area is 102 Å². The van der Waals surface area contributed by atoms with Crippen molar-refractivity contribution < 1.29 is 4.39 Å². The molecular formula is C13H20FN3. The van der Waals surface area contributed by atoms with Crippen molar-refractivity contribution in [1.82, 2.24) is 5.32 Å². The van der Waals surface area contributed by atoms with Crippen molar-refractivity contribution in [3.8, 4) is 0 Å². The van der Waals surface area contributed by atoms with Gasteiger partial charge in [-0.2, -0.15) is 0 Å². The van der Waals surface area contributed by atoms with Gasteiger partial charge in [-0.3, -0.25) is 4.99 Å². The number of guanidine groups is 1. The maximum absolute atomic E-state index is 13.5. The molecule has 1 aromatic rings. The van der Waals surface area contributed by atoms with Crippen molar-refractivity contribution in [3.63, 3.8) is 0 Å². The third-order valence-corrected chi connectivity index (χ3v) is 1.94. The average molecular weight is 237 g/mol. The van der Waals surface area contributed by atoms with E-state index < -0.39 is 0 Å². The van der Waals surface area contributed by atoms with Crippen LogP contribution in [0.3, 0.4) is 0 Å². The van der Waals surface area contributed by atoms with E-state index in [0.29, 0.717) is 18.2 Å². The van der Waals surface area contributed by atoms with E-state index in [-0.39, 0.29) is 11.4 Å². The van der Waals surface area contributed by atoms with Crippen LogP contribution in [0.15, 0.2) is 29.3 Å². The highest BCUT2D eigenvalue weighted by atomic mass is 19.1. The molecule has 0 atom stereocenters. The number of hydrogen-bond donors (Lipinski definition) is 2. The largest absolute Gasteiger partial charge is 0.352 e. The lowest BCUT2D eigenvalue weighted by Crippen LogP contribution is -2.44. The molecule has 0 fully saturated rings. The number of aliphatic imine (C=N–C) groups is 1. The van der Waals surface area contributed by atoms with Crippen LogP contribution in [0.2, 0.25) is 0 Å². The first kappa shape index (κ1) is 13.5. The number of halogens is 1. The van der Waals surface area contributed by atoms with Crippen molar-refractivity contribution >= 4 is 11.6 Å². The van der Waals surface area contributed by atoms with Crippen LogP contribution in [0, 0.1) is 5.82 Å². The number of anilines is 1. The van der Waals surface area contributed by atoms with Crippen LogP contribution < -0.4 is 10.6 Å². The van der Waals surface area contributed by atoms with Gasteiger partial charge in [0.15, 0.2) is 5.96 Å². The van der Waals surface area contributed by atoms with Gasteiger partial charge in [0, 0.05) is 12.1 Å².